The Hall–Kier alpha value is -3.66. The average molecular weight is 352 g/mol. The maximum Gasteiger partial charge on any atom is 0.344 e. The molecule has 26 heavy (non-hydrogen) atoms. The van der Waals surface area contributed by atoms with Gasteiger partial charge in [0.05, 0.1) is 16.9 Å². The zero-order chi connectivity index (χ0) is 18.4. The first-order valence-electron chi connectivity index (χ1n) is 7.60. The van der Waals surface area contributed by atoms with Crippen molar-refractivity contribution in [3.05, 3.63) is 87.1 Å². The number of fused-ring (bicyclic) bond motifs is 3. The van der Waals surface area contributed by atoms with E-state index in [2.05, 4.69) is 0 Å². The lowest BCUT2D eigenvalue weighted by Crippen LogP contribution is -2.27. The van der Waals surface area contributed by atoms with Gasteiger partial charge in [-0.3, -0.25) is 0 Å². The monoisotopic (exact) mass is 352 g/mol. The van der Waals surface area contributed by atoms with Gasteiger partial charge in [-0.05, 0) is 18.2 Å². The van der Waals surface area contributed by atoms with Crippen LogP contribution in [0.15, 0.2) is 63.1 Å². The second kappa shape index (κ2) is 5.70. The molecule has 5 nitrogen and oxygen atoms in total. The molecule has 0 saturated carbocycles. The zero-order valence-electron chi connectivity index (χ0n) is 13.1. The van der Waals surface area contributed by atoms with Crippen molar-refractivity contribution in [2.75, 3.05) is 0 Å². The Balaban J connectivity index is 2.13. The lowest BCUT2D eigenvalue weighted by molar-refractivity contribution is 0.385. The first kappa shape index (κ1) is 15.8. The summed E-state index contributed by atoms with van der Waals surface area (Å²) in [6.07, 6.45) is 0. The maximum absolute atomic E-state index is 14.4. The minimum atomic E-state index is -1.24. The Kier molecular flexibility index (Phi) is 3.48. The molecule has 1 aromatic heterocycles. The van der Waals surface area contributed by atoms with E-state index in [4.69, 9.17) is 14.9 Å². The van der Waals surface area contributed by atoms with E-state index in [-0.39, 0.29) is 33.9 Å². The smallest absolute Gasteiger partial charge is 0.344 e. The first-order chi connectivity index (χ1) is 12.5. The molecule has 0 radical (unpaired) electrons. The fourth-order valence-corrected chi connectivity index (χ4v) is 3.12. The standard InChI is InChI=1S/C19H10F2N2O3/c20-12-6-3-5-10(16(12)21)14-11(8-22)18(23)26-17-9-4-1-2-7-13(9)25-19(24)15(14)17/h1-7,14H,23H2. The molecule has 2 N–H and O–H groups in total. The second-order valence-electron chi connectivity index (χ2n) is 5.70. The number of rotatable bonds is 1. The molecule has 7 heteroatoms. The molecule has 1 unspecified atom stereocenters. The number of allylic oxidation sites excluding steroid dienone is 1. The SMILES string of the molecule is N#CC1=C(N)Oc2c(c(=O)oc3ccccc23)C1c1cccc(F)c1F. The molecule has 1 aliphatic rings. The van der Waals surface area contributed by atoms with Crippen LogP contribution < -0.4 is 16.1 Å². The summed E-state index contributed by atoms with van der Waals surface area (Å²) in [5.74, 6) is -3.71. The highest BCUT2D eigenvalue weighted by molar-refractivity contribution is 5.86. The number of nitrogens with two attached hydrogens (primary N) is 1. The average Bonchev–Trinajstić information content (AvgIpc) is 2.63. The highest BCUT2D eigenvalue weighted by Gasteiger charge is 2.37. The van der Waals surface area contributed by atoms with Crippen LogP contribution in [0.3, 0.4) is 0 Å². The van der Waals surface area contributed by atoms with Gasteiger partial charge in [0, 0.05) is 5.56 Å². The van der Waals surface area contributed by atoms with E-state index >= 15 is 0 Å². The van der Waals surface area contributed by atoms with Crippen LogP contribution in [0.5, 0.6) is 5.75 Å². The summed E-state index contributed by atoms with van der Waals surface area (Å²) in [7, 11) is 0. The normalized spacial score (nSPS) is 16.1. The molecule has 2 aromatic carbocycles. The Labute approximate surface area is 145 Å². The van der Waals surface area contributed by atoms with Crippen LogP contribution in [0, 0.1) is 23.0 Å². The van der Waals surface area contributed by atoms with Crippen molar-refractivity contribution in [1.82, 2.24) is 0 Å². The van der Waals surface area contributed by atoms with E-state index in [1.54, 1.807) is 24.3 Å². The highest BCUT2D eigenvalue weighted by Crippen LogP contribution is 2.44. The van der Waals surface area contributed by atoms with Gasteiger partial charge in [0.15, 0.2) is 17.4 Å². The number of nitrogens with zero attached hydrogens (tertiary/aromatic N) is 1. The van der Waals surface area contributed by atoms with Crippen LogP contribution >= 0.6 is 0 Å². The van der Waals surface area contributed by atoms with Crippen molar-refractivity contribution >= 4 is 11.0 Å². The molecule has 0 fully saturated rings. The summed E-state index contributed by atoms with van der Waals surface area (Å²) in [6, 6.07) is 11.9. The molecule has 0 bridgehead atoms. The van der Waals surface area contributed by atoms with Crippen molar-refractivity contribution in [2.45, 2.75) is 5.92 Å². The number of para-hydroxylation sites is 1. The fraction of sp³-hybridized carbons (Fsp3) is 0.0526. The molecule has 1 atom stereocenters. The Bertz CT molecular complexity index is 1190. The summed E-state index contributed by atoms with van der Waals surface area (Å²) >= 11 is 0. The van der Waals surface area contributed by atoms with Crippen LogP contribution in [-0.2, 0) is 0 Å². The van der Waals surface area contributed by atoms with Crippen molar-refractivity contribution in [1.29, 1.82) is 5.26 Å². The van der Waals surface area contributed by atoms with Gasteiger partial charge in [-0.15, -0.1) is 0 Å². The molecule has 4 rings (SSSR count). The number of ether oxygens (including phenoxy) is 1. The van der Waals surface area contributed by atoms with Crippen LogP contribution in [0.1, 0.15) is 17.0 Å². The maximum atomic E-state index is 14.4. The van der Waals surface area contributed by atoms with Crippen molar-refractivity contribution in [2.24, 2.45) is 5.73 Å². The van der Waals surface area contributed by atoms with Crippen molar-refractivity contribution in [3.8, 4) is 11.8 Å². The number of halogens is 2. The van der Waals surface area contributed by atoms with Crippen LogP contribution in [0.4, 0.5) is 8.78 Å². The third-order valence-corrected chi connectivity index (χ3v) is 4.27. The van der Waals surface area contributed by atoms with E-state index in [1.807, 2.05) is 6.07 Å². The highest BCUT2D eigenvalue weighted by atomic mass is 19.2. The Morgan fingerprint density at radius 2 is 1.88 bits per heavy atom. The molecule has 3 aromatic rings. The molecule has 1 aliphatic heterocycles. The summed E-state index contributed by atoms with van der Waals surface area (Å²) in [6.45, 7) is 0. The molecule has 0 spiro atoms. The fourth-order valence-electron chi connectivity index (χ4n) is 3.12. The van der Waals surface area contributed by atoms with Gasteiger partial charge >= 0.3 is 5.63 Å². The Morgan fingerprint density at radius 3 is 2.65 bits per heavy atom. The summed E-state index contributed by atoms with van der Waals surface area (Å²) < 4.78 is 39.0. The van der Waals surface area contributed by atoms with Crippen LogP contribution in [0.2, 0.25) is 0 Å². The van der Waals surface area contributed by atoms with Gasteiger partial charge in [-0.25, -0.2) is 13.6 Å². The molecule has 0 saturated heterocycles. The van der Waals surface area contributed by atoms with Crippen LogP contribution in [-0.4, -0.2) is 0 Å². The van der Waals surface area contributed by atoms with Gasteiger partial charge in [0.2, 0.25) is 5.88 Å². The van der Waals surface area contributed by atoms with Gasteiger partial charge < -0.3 is 14.9 Å². The number of nitriles is 1. The second-order valence-corrected chi connectivity index (χ2v) is 5.70. The van der Waals surface area contributed by atoms with E-state index in [0.717, 1.165) is 6.07 Å². The molecular formula is C19H10F2N2O3. The van der Waals surface area contributed by atoms with Gasteiger partial charge in [-0.1, -0.05) is 24.3 Å². The Morgan fingerprint density at radius 1 is 1.12 bits per heavy atom. The number of hydrogen-bond donors (Lipinski definition) is 1. The predicted octanol–water partition coefficient (Wildman–Crippen LogP) is 3.29. The summed E-state index contributed by atoms with van der Waals surface area (Å²) in [5, 5.41) is 9.90. The minimum absolute atomic E-state index is 0.0713. The summed E-state index contributed by atoms with van der Waals surface area (Å²) in [4.78, 5) is 12.6. The minimum Gasteiger partial charge on any atom is -0.439 e. The van der Waals surface area contributed by atoms with Gasteiger partial charge in [-0.2, -0.15) is 5.26 Å². The topological polar surface area (TPSA) is 89.3 Å². The quantitative estimate of drug-likeness (QED) is 0.679. The molecule has 0 amide bonds. The summed E-state index contributed by atoms with van der Waals surface area (Å²) in [5.41, 5.74) is 4.80. The number of benzene rings is 2. The molecule has 2 heterocycles. The van der Waals surface area contributed by atoms with Crippen molar-refractivity contribution in [3.63, 3.8) is 0 Å². The van der Waals surface area contributed by atoms with E-state index in [0.29, 0.717) is 5.39 Å². The molecule has 128 valence electrons. The van der Waals surface area contributed by atoms with E-state index in [9.17, 15) is 18.8 Å². The third-order valence-electron chi connectivity index (χ3n) is 4.27. The van der Waals surface area contributed by atoms with E-state index < -0.39 is 23.2 Å². The van der Waals surface area contributed by atoms with E-state index in [1.165, 1.54) is 12.1 Å². The lowest BCUT2D eigenvalue weighted by atomic mass is 9.83. The first-order valence-corrected chi connectivity index (χ1v) is 7.60. The molecule has 0 aliphatic carbocycles. The lowest BCUT2D eigenvalue weighted by Gasteiger charge is -2.26. The van der Waals surface area contributed by atoms with Crippen molar-refractivity contribution < 1.29 is 17.9 Å². The predicted molar refractivity (Wildman–Crippen MR) is 88.1 cm³/mol. The largest absolute Gasteiger partial charge is 0.439 e. The zero-order valence-corrected chi connectivity index (χ0v) is 13.1. The van der Waals surface area contributed by atoms with Gasteiger partial charge in [0.25, 0.3) is 0 Å². The van der Waals surface area contributed by atoms with Crippen LogP contribution in [0.25, 0.3) is 11.0 Å². The number of hydrogen-bond acceptors (Lipinski definition) is 5. The molecular weight excluding hydrogens is 342 g/mol. The third kappa shape index (κ3) is 2.16. The van der Waals surface area contributed by atoms with Gasteiger partial charge in [0.1, 0.15) is 17.2 Å².